The van der Waals surface area contributed by atoms with Gasteiger partial charge in [-0.25, -0.2) is 8.42 Å². The number of piperazine rings is 1. The number of nitrogens with one attached hydrogen (secondary N) is 1. The fourth-order valence-electron chi connectivity index (χ4n) is 3.26. The molecular weight excluding hydrogens is 380 g/mol. The number of aliphatic hydroxyl groups is 1. The highest BCUT2D eigenvalue weighted by molar-refractivity contribution is 7.89. The largest absolute Gasteiger partial charge is 0.396 e. The Morgan fingerprint density at radius 3 is 2.39 bits per heavy atom. The number of guanidine groups is 1. The molecule has 28 heavy (non-hydrogen) atoms. The van der Waals surface area contributed by atoms with Crippen molar-refractivity contribution in [1.82, 2.24) is 14.5 Å². The lowest BCUT2D eigenvalue weighted by atomic mass is 10.0. The van der Waals surface area contributed by atoms with Crippen molar-refractivity contribution >= 4 is 16.0 Å². The highest BCUT2D eigenvalue weighted by atomic mass is 32.2. The highest BCUT2D eigenvalue weighted by Crippen LogP contribution is 2.13. The van der Waals surface area contributed by atoms with Crippen LogP contribution in [-0.2, 0) is 14.8 Å². The Morgan fingerprint density at radius 1 is 1.18 bits per heavy atom. The van der Waals surface area contributed by atoms with E-state index in [1.165, 1.54) is 0 Å². The monoisotopic (exact) mass is 420 g/mol. The molecule has 9 heteroatoms. The minimum atomic E-state index is -3.29. The summed E-state index contributed by atoms with van der Waals surface area (Å²) in [7, 11) is -3.29. The SMILES string of the molecule is CCCC(CCO)CN=C(NCC)N1CCN(S(=O)(=O)CCOC(C)C)CC1. The van der Waals surface area contributed by atoms with Crippen molar-refractivity contribution in [2.24, 2.45) is 10.9 Å². The number of ether oxygens (including phenoxy) is 1. The van der Waals surface area contributed by atoms with Gasteiger partial charge in [0.05, 0.1) is 18.5 Å². The van der Waals surface area contributed by atoms with Crippen LogP contribution in [0.4, 0.5) is 0 Å². The molecule has 1 saturated heterocycles. The Labute approximate surface area is 171 Å². The summed E-state index contributed by atoms with van der Waals surface area (Å²) in [5.74, 6) is 1.24. The van der Waals surface area contributed by atoms with Crippen molar-refractivity contribution in [2.75, 3.05) is 58.2 Å². The van der Waals surface area contributed by atoms with Gasteiger partial charge in [0, 0.05) is 45.9 Å². The number of aliphatic imine (C=N–C) groups is 1. The van der Waals surface area contributed by atoms with E-state index in [0.29, 0.717) is 38.6 Å². The standard InChI is InChI=1S/C19H40N4O4S/c1-5-7-18(8-13-24)16-21-19(20-6-2)22-9-11-23(12-10-22)28(25,26)15-14-27-17(3)4/h17-18,24H,5-16H2,1-4H3,(H,20,21). The van der Waals surface area contributed by atoms with Crippen molar-refractivity contribution in [3.05, 3.63) is 0 Å². The van der Waals surface area contributed by atoms with Gasteiger partial charge in [0.1, 0.15) is 0 Å². The number of hydrogen-bond donors (Lipinski definition) is 2. The number of nitrogens with zero attached hydrogens (tertiary/aromatic N) is 3. The minimum absolute atomic E-state index is 0.0270. The maximum Gasteiger partial charge on any atom is 0.216 e. The Hall–Kier alpha value is -0.900. The number of aliphatic hydroxyl groups excluding tert-OH is 1. The maximum atomic E-state index is 12.5. The molecule has 166 valence electrons. The number of sulfonamides is 1. The van der Waals surface area contributed by atoms with E-state index < -0.39 is 10.0 Å². The molecule has 1 fully saturated rings. The first-order chi connectivity index (χ1) is 13.3. The second-order valence-electron chi connectivity index (χ2n) is 7.48. The Morgan fingerprint density at radius 2 is 1.86 bits per heavy atom. The second kappa shape index (κ2) is 13.3. The third-order valence-electron chi connectivity index (χ3n) is 4.79. The van der Waals surface area contributed by atoms with E-state index in [1.54, 1.807) is 4.31 Å². The van der Waals surface area contributed by atoms with Crippen molar-refractivity contribution < 1.29 is 18.3 Å². The molecule has 2 N–H and O–H groups in total. The molecule has 0 aromatic carbocycles. The zero-order chi connectivity index (χ0) is 21.0. The zero-order valence-corrected chi connectivity index (χ0v) is 18.9. The predicted octanol–water partition coefficient (Wildman–Crippen LogP) is 1.12. The van der Waals surface area contributed by atoms with Crippen LogP contribution in [0.25, 0.3) is 0 Å². The molecule has 0 bridgehead atoms. The number of hydrogen-bond acceptors (Lipinski definition) is 5. The third-order valence-corrected chi connectivity index (χ3v) is 6.63. The van der Waals surface area contributed by atoms with Crippen LogP contribution >= 0.6 is 0 Å². The second-order valence-corrected chi connectivity index (χ2v) is 9.57. The van der Waals surface area contributed by atoms with E-state index in [2.05, 4.69) is 17.1 Å². The van der Waals surface area contributed by atoms with Crippen molar-refractivity contribution in [1.29, 1.82) is 0 Å². The molecular formula is C19H40N4O4S. The topological polar surface area (TPSA) is 94.5 Å². The van der Waals surface area contributed by atoms with Gasteiger partial charge in [-0.1, -0.05) is 13.3 Å². The van der Waals surface area contributed by atoms with Crippen LogP contribution in [0.5, 0.6) is 0 Å². The summed E-state index contributed by atoms with van der Waals surface area (Å²) in [6.45, 7) is 12.0. The average molecular weight is 421 g/mol. The zero-order valence-electron chi connectivity index (χ0n) is 18.1. The molecule has 1 rings (SSSR count). The van der Waals surface area contributed by atoms with Gasteiger partial charge in [0.2, 0.25) is 10.0 Å². The highest BCUT2D eigenvalue weighted by Gasteiger charge is 2.28. The first kappa shape index (κ1) is 25.1. The molecule has 0 aromatic heterocycles. The fourth-order valence-corrected chi connectivity index (χ4v) is 4.54. The molecule has 1 atom stereocenters. The molecule has 0 radical (unpaired) electrons. The van der Waals surface area contributed by atoms with Crippen LogP contribution in [-0.4, -0.2) is 93.0 Å². The van der Waals surface area contributed by atoms with Gasteiger partial charge in [-0.3, -0.25) is 4.99 Å². The van der Waals surface area contributed by atoms with Crippen LogP contribution in [0.3, 0.4) is 0 Å². The normalized spacial score (nSPS) is 17.9. The van der Waals surface area contributed by atoms with Crippen LogP contribution in [0.1, 0.15) is 47.0 Å². The summed E-state index contributed by atoms with van der Waals surface area (Å²) in [6.07, 6.45) is 2.93. The summed E-state index contributed by atoms with van der Waals surface area (Å²) in [5, 5.41) is 12.5. The Balaban J connectivity index is 2.62. The van der Waals surface area contributed by atoms with Gasteiger partial charge < -0.3 is 20.1 Å². The van der Waals surface area contributed by atoms with Gasteiger partial charge in [0.25, 0.3) is 0 Å². The van der Waals surface area contributed by atoms with E-state index >= 15 is 0 Å². The molecule has 1 unspecified atom stereocenters. The summed E-state index contributed by atoms with van der Waals surface area (Å²) in [5.41, 5.74) is 0. The first-order valence-electron chi connectivity index (χ1n) is 10.6. The van der Waals surface area contributed by atoms with Gasteiger partial charge in [-0.05, 0) is 39.5 Å². The smallest absolute Gasteiger partial charge is 0.216 e. The summed E-state index contributed by atoms with van der Waals surface area (Å²) in [4.78, 5) is 6.89. The molecule has 8 nitrogen and oxygen atoms in total. The van der Waals surface area contributed by atoms with E-state index in [-0.39, 0.29) is 25.1 Å². The lowest BCUT2D eigenvalue weighted by molar-refractivity contribution is 0.0904. The van der Waals surface area contributed by atoms with Crippen LogP contribution in [0.15, 0.2) is 4.99 Å². The summed E-state index contributed by atoms with van der Waals surface area (Å²) in [6, 6.07) is 0. The van der Waals surface area contributed by atoms with E-state index in [9.17, 15) is 13.5 Å². The molecule has 0 aliphatic carbocycles. The van der Waals surface area contributed by atoms with Crippen molar-refractivity contribution in [2.45, 2.75) is 53.1 Å². The summed E-state index contributed by atoms with van der Waals surface area (Å²) < 4.78 is 31.9. The molecule has 0 saturated carbocycles. The van der Waals surface area contributed by atoms with Crippen LogP contribution < -0.4 is 5.32 Å². The average Bonchev–Trinajstić information content (AvgIpc) is 2.65. The molecule has 1 aliphatic rings. The van der Waals surface area contributed by atoms with Crippen molar-refractivity contribution in [3.8, 4) is 0 Å². The van der Waals surface area contributed by atoms with Crippen molar-refractivity contribution in [3.63, 3.8) is 0 Å². The van der Waals surface area contributed by atoms with Gasteiger partial charge in [-0.15, -0.1) is 0 Å². The summed E-state index contributed by atoms with van der Waals surface area (Å²) >= 11 is 0. The first-order valence-corrected chi connectivity index (χ1v) is 12.2. The van der Waals surface area contributed by atoms with E-state index in [1.807, 2.05) is 20.8 Å². The van der Waals surface area contributed by atoms with Crippen LogP contribution in [0, 0.1) is 5.92 Å². The molecule has 0 aromatic rings. The molecule has 1 heterocycles. The minimum Gasteiger partial charge on any atom is -0.396 e. The molecule has 1 aliphatic heterocycles. The third kappa shape index (κ3) is 9.07. The lowest BCUT2D eigenvalue weighted by Crippen LogP contribution is -2.54. The fraction of sp³-hybridized carbons (Fsp3) is 0.947. The molecule has 0 amide bonds. The number of rotatable bonds is 12. The van der Waals surface area contributed by atoms with E-state index in [0.717, 1.165) is 31.8 Å². The van der Waals surface area contributed by atoms with Crippen LogP contribution in [0.2, 0.25) is 0 Å². The van der Waals surface area contributed by atoms with Gasteiger partial charge >= 0.3 is 0 Å². The molecule has 0 spiro atoms. The predicted molar refractivity (Wildman–Crippen MR) is 114 cm³/mol. The lowest BCUT2D eigenvalue weighted by Gasteiger charge is -2.36. The van der Waals surface area contributed by atoms with E-state index in [4.69, 9.17) is 9.73 Å². The van der Waals surface area contributed by atoms with Gasteiger partial charge in [-0.2, -0.15) is 4.31 Å². The Kier molecular flexibility index (Phi) is 12.0. The maximum absolute atomic E-state index is 12.5. The van der Waals surface area contributed by atoms with Gasteiger partial charge in [0.15, 0.2) is 5.96 Å². The Bertz CT molecular complexity index is 540. The quantitative estimate of drug-likeness (QED) is 0.363.